The SMILES string of the molecule is CC(CCCCl)S(=O)(=O)Cl. The van der Waals surface area contributed by atoms with Gasteiger partial charge in [0.15, 0.2) is 0 Å². The Kier molecular flexibility index (Phi) is 4.65. The highest BCUT2D eigenvalue weighted by atomic mass is 35.7. The van der Waals surface area contributed by atoms with Gasteiger partial charge in [-0.3, -0.25) is 0 Å². The van der Waals surface area contributed by atoms with E-state index in [1.54, 1.807) is 6.92 Å². The number of halogens is 2. The third-order valence-corrected chi connectivity index (χ3v) is 3.60. The van der Waals surface area contributed by atoms with Crippen LogP contribution in [0.2, 0.25) is 0 Å². The van der Waals surface area contributed by atoms with Gasteiger partial charge in [-0.1, -0.05) is 0 Å². The van der Waals surface area contributed by atoms with Crippen molar-refractivity contribution in [3.8, 4) is 0 Å². The number of alkyl halides is 1. The van der Waals surface area contributed by atoms with Crippen LogP contribution < -0.4 is 0 Å². The zero-order valence-electron chi connectivity index (χ0n) is 5.68. The van der Waals surface area contributed by atoms with Crippen LogP contribution >= 0.6 is 22.3 Å². The summed E-state index contributed by atoms with van der Waals surface area (Å²) in [6.45, 7) is 1.58. The molecular weight excluding hydrogens is 195 g/mol. The van der Waals surface area contributed by atoms with E-state index in [-0.39, 0.29) is 0 Å². The van der Waals surface area contributed by atoms with Crippen LogP contribution in [-0.4, -0.2) is 19.5 Å². The Morgan fingerprint density at radius 1 is 1.50 bits per heavy atom. The van der Waals surface area contributed by atoms with Crippen molar-refractivity contribution < 1.29 is 8.42 Å². The second kappa shape index (κ2) is 4.42. The summed E-state index contributed by atoms with van der Waals surface area (Å²) in [6, 6.07) is 0. The maximum Gasteiger partial charge on any atom is 0.235 e. The Balaban J connectivity index is 3.75. The second-order valence-electron chi connectivity index (χ2n) is 2.12. The van der Waals surface area contributed by atoms with Crippen LogP contribution in [0, 0.1) is 0 Å². The van der Waals surface area contributed by atoms with Crippen molar-refractivity contribution in [1.82, 2.24) is 0 Å². The lowest BCUT2D eigenvalue weighted by molar-refractivity contribution is 0.590. The van der Waals surface area contributed by atoms with Gasteiger partial charge >= 0.3 is 0 Å². The lowest BCUT2D eigenvalue weighted by Crippen LogP contribution is -2.11. The van der Waals surface area contributed by atoms with Crippen molar-refractivity contribution in [1.29, 1.82) is 0 Å². The molecule has 1 atom stereocenters. The van der Waals surface area contributed by atoms with Gasteiger partial charge in [0, 0.05) is 16.6 Å². The minimum Gasteiger partial charge on any atom is -0.212 e. The van der Waals surface area contributed by atoms with Crippen LogP contribution in [0.1, 0.15) is 19.8 Å². The predicted octanol–water partition coefficient (Wildman–Crippen LogP) is 1.96. The van der Waals surface area contributed by atoms with Crippen molar-refractivity contribution in [2.24, 2.45) is 0 Å². The van der Waals surface area contributed by atoms with E-state index in [0.717, 1.165) is 0 Å². The number of hydrogen-bond acceptors (Lipinski definition) is 2. The van der Waals surface area contributed by atoms with Crippen LogP contribution in [0.4, 0.5) is 0 Å². The van der Waals surface area contributed by atoms with Gasteiger partial charge in [-0.2, -0.15) is 0 Å². The van der Waals surface area contributed by atoms with E-state index in [2.05, 4.69) is 0 Å². The maximum atomic E-state index is 10.6. The van der Waals surface area contributed by atoms with E-state index < -0.39 is 14.3 Å². The molecular formula is C5H10Cl2O2S. The van der Waals surface area contributed by atoms with Crippen molar-refractivity contribution in [2.75, 3.05) is 5.88 Å². The van der Waals surface area contributed by atoms with Crippen LogP contribution in [0.5, 0.6) is 0 Å². The van der Waals surface area contributed by atoms with Gasteiger partial charge in [0.1, 0.15) is 0 Å². The topological polar surface area (TPSA) is 34.1 Å². The molecule has 0 aromatic rings. The smallest absolute Gasteiger partial charge is 0.212 e. The van der Waals surface area contributed by atoms with E-state index in [9.17, 15) is 8.42 Å². The minimum absolute atomic E-state index is 0.479. The van der Waals surface area contributed by atoms with Crippen molar-refractivity contribution in [2.45, 2.75) is 25.0 Å². The monoisotopic (exact) mass is 204 g/mol. The van der Waals surface area contributed by atoms with Gasteiger partial charge in [0.25, 0.3) is 0 Å². The van der Waals surface area contributed by atoms with Gasteiger partial charge < -0.3 is 0 Å². The molecule has 0 amide bonds. The fraction of sp³-hybridized carbons (Fsp3) is 1.00. The van der Waals surface area contributed by atoms with E-state index in [4.69, 9.17) is 22.3 Å². The van der Waals surface area contributed by atoms with E-state index in [1.165, 1.54) is 0 Å². The molecule has 0 aromatic carbocycles. The fourth-order valence-corrected chi connectivity index (χ4v) is 1.38. The molecule has 0 N–H and O–H groups in total. The predicted molar refractivity (Wildman–Crippen MR) is 44.2 cm³/mol. The van der Waals surface area contributed by atoms with Gasteiger partial charge in [0.05, 0.1) is 5.25 Å². The molecule has 5 heteroatoms. The van der Waals surface area contributed by atoms with Crippen molar-refractivity contribution in [3.63, 3.8) is 0 Å². The average molecular weight is 205 g/mol. The maximum absolute atomic E-state index is 10.6. The van der Waals surface area contributed by atoms with Crippen LogP contribution in [-0.2, 0) is 9.05 Å². The Morgan fingerprint density at radius 3 is 2.30 bits per heavy atom. The number of hydrogen-bond donors (Lipinski definition) is 0. The first-order chi connectivity index (χ1) is 4.48. The Bertz CT molecular complexity index is 176. The highest BCUT2D eigenvalue weighted by Crippen LogP contribution is 2.12. The molecule has 62 valence electrons. The standard InChI is InChI=1S/C5H10Cl2O2S/c1-5(3-2-4-6)10(7,8)9/h5H,2-4H2,1H3. The van der Waals surface area contributed by atoms with Crippen molar-refractivity contribution in [3.05, 3.63) is 0 Å². The molecule has 0 bridgehead atoms. The third kappa shape index (κ3) is 4.36. The van der Waals surface area contributed by atoms with Gasteiger partial charge in [-0.25, -0.2) is 8.42 Å². The first-order valence-corrected chi connectivity index (χ1v) is 5.88. The molecule has 0 saturated carbocycles. The summed E-state index contributed by atoms with van der Waals surface area (Å²) in [5.74, 6) is 0.483. The minimum atomic E-state index is -3.36. The molecule has 0 rings (SSSR count). The Labute approximate surface area is 70.9 Å². The number of rotatable bonds is 4. The Hall–Kier alpha value is 0.530. The normalized spacial score (nSPS) is 15.1. The lowest BCUT2D eigenvalue weighted by atomic mass is 10.3. The molecule has 0 aliphatic carbocycles. The van der Waals surface area contributed by atoms with Crippen molar-refractivity contribution >= 4 is 31.3 Å². The molecule has 1 unspecified atom stereocenters. The summed E-state index contributed by atoms with van der Waals surface area (Å²) in [4.78, 5) is 0. The van der Waals surface area contributed by atoms with Gasteiger partial charge in [-0.15, -0.1) is 11.6 Å². The van der Waals surface area contributed by atoms with E-state index >= 15 is 0 Å². The quantitative estimate of drug-likeness (QED) is 0.519. The molecule has 0 heterocycles. The first kappa shape index (κ1) is 10.5. The molecule has 0 radical (unpaired) electrons. The fourth-order valence-electron chi connectivity index (χ4n) is 0.505. The lowest BCUT2D eigenvalue weighted by Gasteiger charge is -2.03. The van der Waals surface area contributed by atoms with E-state index in [0.29, 0.717) is 18.7 Å². The Morgan fingerprint density at radius 2 is 2.00 bits per heavy atom. The molecule has 2 nitrogen and oxygen atoms in total. The van der Waals surface area contributed by atoms with Crippen LogP contribution in [0.25, 0.3) is 0 Å². The van der Waals surface area contributed by atoms with Gasteiger partial charge in [0.2, 0.25) is 9.05 Å². The summed E-state index contributed by atoms with van der Waals surface area (Å²) in [6.07, 6.45) is 1.23. The van der Waals surface area contributed by atoms with Gasteiger partial charge in [-0.05, 0) is 19.8 Å². The highest BCUT2D eigenvalue weighted by Gasteiger charge is 2.15. The summed E-state index contributed by atoms with van der Waals surface area (Å²) < 4.78 is 21.1. The molecule has 0 fully saturated rings. The molecule has 10 heavy (non-hydrogen) atoms. The zero-order valence-corrected chi connectivity index (χ0v) is 8.01. The largest absolute Gasteiger partial charge is 0.235 e. The molecule has 0 spiro atoms. The molecule has 0 saturated heterocycles. The third-order valence-electron chi connectivity index (χ3n) is 1.22. The second-order valence-corrected chi connectivity index (χ2v) is 5.54. The van der Waals surface area contributed by atoms with E-state index in [1.807, 2.05) is 0 Å². The summed E-state index contributed by atoms with van der Waals surface area (Å²) in [7, 11) is 1.69. The zero-order chi connectivity index (χ0) is 8.20. The molecule has 0 aliphatic rings. The first-order valence-electron chi connectivity index (χ1n) is 2.98. The molecule has 0 aliphatic heterocycles. The summed E-state index contributed by atoms with van der Waals surface area (Å²) in [5, 5.41) is -0.479. The van der Waals surface area contributed by atoms with Crippen LogP contribution in [0.15, 0.2) is 0 Å². The summed E-state index contributed by atoms with van der Waals surface area (Å²) in [5.41, 5.74) is 0. The van der Waals surface area contributed by atoms with Crippen LogP contribution in [0.3, 0.4) is 0 Å². The molecule has 0 aromatic heterocycles. The summed E-state index contributed by atoms with van der Waals surface area (Å²) >= 11 is 5.36. The average Bonchev–Trinajstić information content (AvgIpc) is 1.80. The highest BCUT2D eigenvalue weighted by molar-refractivity contribution is 8.14.